The Labute approximate surface area is 305 Å². The smallest absolute Gasteiger partial charge is 0.231 e. The van der Waals surface area contributed by atoms with Crippen LogP contribution in [0.5, 0.6) is 0 Å². The summed E-state index contributed by atoms with van der Waals surface area (Å²) in [5.41, 5.74) is 2.49. The molecule has 2 N–H and O–H groups in total. The molecule has 1 saturated carbocycles. The van der Waals surface area contributed by atoms with Crippen molar-refractivity contribution in [1.29, 1.82) is 0 Å². The van der Waals surface area contributed by atoms with Crippen molar-refractivity contribution in [3.8, 4) is 11.1 Å². The topological polar surface area (TPSA) is 177 Å². The number of halogens is 3. The van der Waals surface area contributed by atoms with Crippen molar-refractivity contribution in [3.05, 3.63) is 76.1 Å². The molecule has 1 aliphatic heterocycles. The zero-order valence-electron chi connectivity index (χ0n) is 28.8. The van der Waals surface area contributed by atoms with Gasteiger partial charge in [-0.15, -0.1) is 5.11 Å². The number of sulfone groups is 1. The fourth-order valence-electron chi connectivity index (χ4n) is 6.33. The van der Waals surface area contributed by atoms with Crippen LogP contribution in [0.1, 0.15) is 62.5 Å². The summed E-state index contributed by atoms with van der Waals surface area (Å²) in [6.45, 7) is 3.41. The highest BCUT2D eigenvalue weighted by Crippen LogP contribution is 2.41. The number of carbonyl (C=O) groups excluding carboxylic acids is 1. The van der Waals surface area contributed by atoms with Gasteiger partial charge in [0.05, 0.1) is 50.3 Å². The van der Waals surface area contributed by atoms with E-state index in [4.69, 9.17) is 16.6 Å². The molecule has 1 unspecified atom stereocenters. The Kier molecular flexibility index (Phi) is 10.2. The molecule has 276 valence electrons. The number of hydrogen-bond donors (Lipinski definition) is 2. The maximum absolute atomic E-state index is 14.5. The number of benzene rings is 2. The number of azo groups is 1. The molecule has 6 rings (SSSR count). The van der Waals surface area contributed by atoms with Gasteiger partial charge >= 0.3 is 0 Å². The SMILES string of the molecule is Cn1nc(NS(C)(=O)=O)c2c(Cl)ccc(-c3ccc(CCC(C)(C)S(=O)(=O)C4CC4)nc3[C@H](Cc3cc(F)cc(F)c3)NC(=O)CC3N=CN=N3)c21. The van der Waals surface area contributed by atoms with E-state index >= 15 is 0 Å². The molecular weight excluding hydrogens is 738 g/mol. The fourth-order valence-corrected chi connectivity index (χ4v) is 9.11. The van der Waals surface area contributed by atoms with Crippen LogP contribution in [0, 0.1) is 11.6 Å². The van der Waals surface area contributed by atoms with Gasteiger partial charge in [0.25, 0.3) is 0 Å². The Morgan fingerprint density at radius 1 is 1.06 bits per heavy atom. The minimum Gasteiger partial charge on any atom is -0.347 e. The van der Waals surface area contributed by atoms with Crippen LogP contribution in [0.25, 0.3) is 22.0 Å². The average molecular weight is 775 g/mol. The van der Waals surface area contributed by atoms with Crippen LogP contribution in [0.3, 0.4) is 0 Å². The van der Waals surface area contributed by atoms with Crippen molar-refractivity contribution >= 4 is 60.4 Å². The lowest BCUT2D eigenvalue weighted by atomic mass is 9.93. The predicted octanol–water partition coefficient (Wildman–Crippen LogP) is 5.84. The van der Waals surface area contributed by atoms with E-state index in [1.54, 1.807) is 45.2 Å². The third-order valence-corrected chi connectivity index (χ3v) is 13.1. The van der Waals surface area contributed by atoms with Gasteiger partial charge < -0.3 is 5.32 Å². The van der Waals surface area contributed by atoms with Crippen molar-refractivity contribution in [1.82, 2.24) is 20.1 Å². The Morgan fingerprint density at radius 3 is 2.38 bits per heavy atom. The number of fused-ring (bicyclic) bond motifs is 1. The molecule has 1 amide bonds. The first-order valence-electron chi connectivity index (χ1n) is 16.4. The predicted molar refractivity (Wildman–Crippen MR) is 194 cm³/mol. The lowest BCUT2D eigenvalue weighted by Crippen LogP contribution is -2.35. The summed E-state index contributed by atoms with van der Waals surface area (Å²) in [6, 6.07) is 8.89. The number of aromatic nitrogens is 3. The second-order valence-electron chi connectivity index (χ2n) is 13.7. The Bertz CT molecular complexity index is 2310. The summed E-state index contributed by atoms with van der Waals surface area (Å²) in [7, 11) is -5.52. The quantitative estimate of drug-likeness (QED) is 0.162. The summed E-state index contributed by atoms with van der Waals surface area (Å²) in [4.78, 5) is 22.6. The highest BCUT2D eigenvalue weighted by atomic mass is 35.5. The minimum absolute atomic E-state index is 0.00320. The van der Waals surface area contributed by atoms with Crippen LogP contribution >= 0.6 is 11.6 Å². The van der Waals surface area contributed by atoms with Crippen LogP contribution in [0.4, 0.5) is 14.6 Å². The molecule has 2 aromatic heterocycles. The number of aryl methyl sites for hydroxylation is 2. The Morgan fingerprint density at radius 2 is 1.75 bits per heavy atom. The highest BCUT2D eigenvalue weighted by Gasteiger charge is 2.45. The second kappa shape index (κ2) is 14.2. The van der Waals surface area contributed by atoms with E-state index in [0.29, 0.717) is 46.3 Å². The molecule has 1 aliphatic carbocycles. The van der Waals surface area contributed by atoms with Gasteiger partial charge in [-0.1, -0.05) is 23.7 Å². The Balaban J connectivity index is 1.50. The molecule has 2 atom stereocenters. The molecule has 2 aromatic carbocycles. The van der Waals surface area contributed by atoms with E-state index in [-0.39, 0.29) is 47.3 Å². The van der Waals surface area contributed by atoms with Gasteiger partial charge in [0.2, 0.25) is 15.9 Å². The number of aliphatic imine (C=N–C) groups is 1. The van der Waals surface area contributed by atoms with Crippen molar-refractivity contribution in [2.45, 2.75) is 74.6 Å². The molecule has 0 bridgehead atoms. The normalized spacial score (nSPS) is 16.8. The number of amides is 1. The largest absolute Gasteiger partial charge is 0.347 e. The molecule has 0 radical (unpaired) electrons. The van der Waals surface area contributed by atoms with E-state index in [2.05, 4.69) is 30.4 Å². The number of nitrogens with one attached hydrogen (secondary N) is 2. The molecule has 4 aromatic rings. The van der Waals surface area contributed by atoms with Crippen LogP contribution in [0.2, 0.25) is 5.02 Å². The van der Waals surface area contributed by atoms with Gasteiger partial charge in [-0.3, -0.25) is 19.2 Å². The third-order valence-electron chi connectivity index (χ3n) is 9.09. The molecule has 0 saturated heterocycles. The summed E-state index contributed by atoms with van der Waals surface area (Å²) in [5.74, 6) is -2.09. The molecule has 3 heterocycles. The maximum atomic E-state index is 14.5. The molecule has 0 spiro atoms. The minimum atomic E-state index is -3.75. The van der Waals surface area contributed by atoms with Crippen molar-refractivity contribution in [2.24, 2.45) is 22.3 Å². The molecule has 2 aliphatic rings. The first-order chi connectivity index (χ1) is 24.4. The molecule has 18 heteroatoms. The van der Waals surface area contributed by atoms with E-state index in [0.717, 1.165) is 24.5 Å². The number of hydrogen-bond acceptors (Lipinski definition) is 10. The van der Waals surface area contributed by atoms with Gasteiger partial charge in [0, 0.05) is 29.9 Å². The maximum Gasteiger partial charge on any atom is 0.231 e. The summed E-state index contributed by atoms with van der Waals surface area (Å²) in [5, 5.41) is 15.1. The van der Waals surface area contributed by atoms with Crippen LogP contribution in [0.15, 0.2) is 57.7 Å². The number of pyridine rings is 1. The van der Waals surface area contributed by atoms with E-state index in [9.17, 15) is 30.4 Å². The lowest BCUT2D eigenvalue weighted by molar-refractivity contribution is -0.122. The fraction of sp³-hybridized carbons (Fsp3) is 0.412. The second-order valence-corrected chi connectivity index (χ2v) is 18.7. The van der Waals surface area contributed by atoms with Crippen LogP contribution in [-0.2, 0) is 44.5 Å². The van der Waals surface area contributed by atoms with E-state index in [1.165, 1.54) is 11.0 Å². The number of anilines is 1. The van der Waals surface area contributed by atoms with E-state index in [1.807, 2.05) is 0 Å². The molecule has 1 fully saturated rings. The van der Waals surface area contributed by atoms with Gasteiger partial charge in [-0.2, -0.15) is 10.2 Å². The third kappa shape index (κ3) is 8.15. The van der Waals surface area contributed by atoms with Crippen molar-refractivity contribution in [3.63, 3.8) is 0 Å². The first-order valence-corrected chi connectivity index (χ1v) is 20.3. The zero-order chi connectivity index (χ0) is 37.6. The zero-order valence-corrected chi connectivity index (χ0v) is 31.2. The van der Waals surface area contributed by atoms with Gasteiger partial charge in [0.15, 0.2) is 21.8 Å². The monoisotopic (exact) mass is 774 g/mol. The van der Waals surface area contributed by atoms with Gasteiger partial charge in [0.1, 0.15) is 18.0 Å². The number of sulfonamides is 1. The summed E-state index contributed by atoms with van der Waals surface area (Å²) >= 11 is 6.62. The lowest BCUT2D eigenvalue weighted by Gasteiger charge is -2.26. The van der Waals surface area contributed by atoms with E-state index < -0.39 is 54.4 Å². The number of carbonyl (C=O) groups is 1. The number of rotatable bonds is 14. The van der Waals surface area contributed by atoms with Crippen LogP contribution < -0.4 is 10.0 Å². The summed E-state index contributed by atoms with van der Waals surface area (Å²) < 4.78 is 82.7. The molecular formula is C34H37ClF2N8O5S2. The van der Waals surface area contributed by atoms with Gasteiger partial charge in [-0.25, -0.2) is 30.6 Å². The number of nitrogens with zero attached hydrogens (tertiary/aromatic N) is 6. The first kappa shape index (κ1) is 37.4. The highest BCUT2D eigenvalue weighted by molar-refractivity contribution is 7.93. The summed E-state index contributed by atoms with van der Waals surface area (Å²) in [6.07, 6.45) is 3.05. The van der Waals surface area contributed by atoms with Crippen molar-refractivity contribution in [2.75, 3.05) is 11.0 Å². The molecule has 52 heavy (non-hydrogen) atoms. The van der Waals surface area contributed by atoms with Crippen molar-refractivity contribution < 1.29 is 30.4 Å². The van der Waals surface area contributed by atoms with Gasteiger partial charge in [-0.05, 0) is 75.8 Å². The molecule has 13 nitrogen and oxygen atoms in total. The van der Waals surface area contributed by atoms with Crippen LogP contribution in [-0.4, -0.2) is 66.3 Å². The standard InChI is InChI=1S/C34H37ClF2N8O5S2/c1-34(2,52(49,50)23-6-7-23)12-11-22-5-8-24(25-9-10-26(35)30-32(25)45(3)43-33(30)44-51(4,47)48)31(40-22)27(15-19-13-20(36)16-21(37)14-19)41-29(46)17-28-38-18-39-42-28/h5,8-10,13-14,16,18,23,27-28H,6-7,11-12,15,17H2,1-4H3,(H,41,46)(H,43,44)/t27-,28?/m0/s1. The Hall–Kier alpha value is -4.35. The average Bonchev–Trinajstić information content (AvgIpc) is 3.71.